The second kappa shape index (κ2) is 6.57. The Balaban J connectivity index is 2.00. The van der Waals surface area contributed by atoms with E-state index in [1.54, 1.807) is 6.07 Å². The number of rotatable bonds is 5. The maximum Gasteiger partial charge on any atom is 0.0602 e. The SMILES string of the molecule is CCN(CC)CCN1Cc2cc(Cl)ccc2N([O-])C1. The molecule has 1 heterocycles. The van der Waals surface area contributed by atoms with E-state index >= 15 is 0 Å². The van der Waals surface area contributed by atoms with Crippen LogP contribution < -0.4 is 5.06 Å². The summed E-state index contributed by atoms with van der Waals surface area (Å²) in [7, 11) is 0. The Labute approximate surface area is 120 Å². The highest BCUT2D eigenvalue weighted by Gasteiger charge is 2.17. The maximum atomic E-state index is 12.0. The molecule has 0 spiro atoms. The van der Waals surface area contributed by atoms with E-state index in [9.17, 15) is 5.21 Å². The minimum absolute atomic E-state index is 0.440. The second-order valence-corrected chi connectivity index (χ2v) is 5.31. The van der Waals surface area contributed by atoms with Gasteiger partial charge in [0.05, 0.1) is 6.67 Å². The van der Waals surface area contributed by atoms with Gasteiger partial charge in [-0.15, -0.1) is 0 Å². The van der Waals surface area contributed by atoms with Crippen molar-refractivity contribution in [3.63, 3.8) is 0 Å². The number of anilines is 1. The fourth-order valence-electron chi connectivity index (χ4n) is 2.45. The first-order valence-corrected chi connectivity index (χ1v) is 7.19. The van der Waals surface area contributed by atoms with Gasteiger partial charge in [0.25, 0.3) is 0 Å². The van der Waals surface area contributed by atoms with E-state index in [1.807, 2.05) is 12.1 Å². The summed E-state index contributed by atoms with van der Waals surface area (Å²) in [6, 6.07) is 5.48. The molecule has 0 atom stereocenters. The Hall–Kier alpha value is -0.810. The van der Waals surface area contributed by atoms with Gasteiger partial charge in [0.2, 0.25) is 0 Å². The molecular formula is C14H21ClN3O-. The predicted molar refractivity (Wildman–Crippen MR) is 80.4 cm³/mol. The van der Waals surface area contributed by atoms with Crippen molar-refractivity contribution in [3.8, 4) is 0 Å². The summed E-state index contributed by atoms with van der Waals surface area (Å²) in [5, 5.41) is 13.8. The lowest BCUT2D eigenvalue weighted by atomic mass is 10.1. The molecule has 1 aliphatic rings. The van der Waals surface area contributed by atoms with Crippen molar-refractivity contribution in [1.82, 2.24) is 9.80 Å². The molecule has 0 bridgehead atoms. The largest absolute Gasteiger partial charge is 0.757 e. The van der Waals surface area contributed by atoms with Gasteiger partial charge in [-0.3, -0.25) is 4.90 Å². The van der Waals surface area contributed by atoms with Gasteiger partial charge < -0.3 is 15.2 Å². The molecule has 1 aliphatic heterocycles. The molecule has 0 radical (unpaired) electrons. The molecule has 0 N–H and O–H groups in total. The third-order valence-corrected chi connectivity index (χ3v) is 3.89. The summed E-state index contributed by atoms with van der Waals surface area (Å²) >= 11 is 6.00. The number of hydrogen-bond donors (Lipinski definition) is 0. The van der Waals surface area contributed by atoms with Gasteiger partial charge in [-0.05, 0) is 36.9 Å². The number of halogens is 1. The molecule has 0 unspecified atom stereocenters. The molecule has 0 amide bonds. The van der Waals surface area contributed by atoms with E-state index in [2.05, 4.69) is 23.6 Å². The maximum absolute atomic E-state index is 12.0. The Morgan fingerprint density at radius 2 is 2.05 bits per heavy atom. The van der Waals surface area contributed by atoms with Gasteiger partial charge >= 0.3 is 0 Å². The Morgan fingerprint density at radius 3 is 2.74 bits per heavy atom. The normalized spacial score (nSPS) is 15.9. The standard InChI is InChI=1S/C14H21ClN3O/c1-3-16(4-2)7-8-17-10-12-9-13(15)5-6-14(12)18(19)11-17/h5-6,9H,3-4,7-8,10-11H2,1-2H3/q-1. The summed E-state index contributed by atoms with van der Waals surface area (Å²) in [5.74, 6) is 0. The Bertz CT molecular complexity index is 423. The van der Waals surface area contributed by atoms with Crippen LogP contribution in [-0.2, 0) is 6.54 Å². The van der Waals surface area contributed by atoms with Crippen LogP contribution in [0.3, 0.4) is 0 Å². The zero-order chi connectivity index (χ0) is 13.8. The highest BCUT2D eigenvalue weighted by atomic mass is 35.5. The monoisotopic (exact) mass is 282 g/mol. The lowest BCUT2D eigenvalue weighted by molar-refractivity contribution is 0.205. The fraction of sp³-hybridized carbons (Fsp3) is 0.571. The van der Waals surface area contributed by atoms with Crippen molar-refractivity contribution in [2.45, 2.75) is 20.4 Å². The minimum atomic E-state index is 0.440. The quantitative estimate of drug-likeness (QED) is 0.831. The average Bonchev–Trinajstić information content (AvgIpc) is 2.39. The lowest BCUT2D eigenvalue weighted by Gasteiger charge is -2.43. The van der Waals surface area contributed by atoms with Crippen LogP contribution in [0.25, 0.3) is 0 Å². The van der Waals surface area contributed by atoms with Crippen LogP contribution in [0.2, 0.25) is 5.02 Å². The van der Waals surface area contributed by atoms with Crippen molar-refractivity contribution < 1.29 is 0 Å². The van der Waals surface area contributed by atoms with E-state index in [0.29, 0.717) is 11.7 Å². The van der Waals surface area contributed by atoms with E-state index in [0.717, 1.165) is 49.0 Å². The molecule has 0 aliphatic carbocycles. The minimum Gasteiger partial charge on any atom is -0.757 e. The van der Waals surface area contributed by atoms with Gasteiger partial charge in [-0.25, -0.2) is 0 Å². The van der Waals surface area contributed by atoms with Gasteiger partial charge in [0.1, 0.15) is 0 Å². The molecule has 5 heteroatoms. The van der Waals surface area contributed by atoms with E-state index in [-0.39, 0.29) is 0 Å². The first-order valence-electron chi connectivity index (χ1n) is 6.81. The fourth-order valence-corrected chi connectivity index (χ4v) is 2.64. The smallest absolute Gasteiger partial charge is 0.0602 e. The van der Waals surface area contributed by atoms with Gasteiger partial charge in [-0.1, -0.05) is 25.4 Å². The molecule has 0 saturated carbocycles. The topological polar surface area (TPSA) is 32.8 Å². The van der Waals surface area contributed by atoms with Gasteiger partial charge in [0, 0.05) is 30.3 Å². The summed E-state index contributed by atoms with van der Waals surface area (Å²) in [5.41, 5.74) is 1.77. The Kier molecular flexibility index (Phi) is 5.05. The highest BCUT2D eigenvalue weighted by Crippen LogP contribution is 2.28. The van der Waals surface area contributed by atoms with Crippen LogP contribution in [0.4, 0.5) is 5.69 Å². The van der Waals surface area contributed by atoms with Crippen LogP contribution in [0, 0.1) is 5.21 Å². The number of fused-ring (bicyclic) bond motifs is 1. The van der Waals surface area contributed by atoms with E-state index in [4.69, 9.17) is 11.6 Å². The van der Waals surface area contributed by atoms with Crippen molar-refractivity contribution in [2.75, 3.05) is 37.9 Å². The summed E-state index contributed by atoms with van der Waals surface area (Å²) in [6.45, 7) is 9.57. The lowest BCUT2D eigenvalue weighted by Crippen LogP contribution is -2.43. The van der Waals surface area contributed by atoms with Gasteiger partial charge in [0.15, 0.2) is 0 Å². The molecule has 19 heavy (non-hydrogen) atoms. The average molecular weight is 283 g/mol. The van der Waals surface area contributed by atoms with E-state index < -0.39 is 0 Å². The van der Waals surface area contributed by atoms with Crippen LogP contribution in [-0.4, -0.2) is 42.6 Å². The third kappa shape index (κ3) is 3.60. The molecule has 0 fully saturated rings. The Morgan fingerprint density at radius 1 is 1.32 bits per heavy atom. The number of benzene rings is 1. The summed E-state index contributed by atoms with van der Waals surface area (Å²) < 4.78 is 0. The van der Waals surface area contributed by atoms with E-state index in [1.165, 1.54) is 0 Å². The number of likely N-dealkylation sites (N-methyl/N-ethyl adjacent to an activating group) is 1. The summed E-state index contributed by atoms with van der Waals surface area (Å²) in [4.78, 5) is 4.53. The zero-order valence-corrected chi connectivity index (χ0v) is 12.4. The van der Waals surface area contributed by atoms with Crippen LogP contribution in [0.15, 0.2) is 18.2 Å². The first-order chi connectivity index (χ1) is 9.13. The molecule has 1 aromatic rings. The van der Waals surface area contributed by atoms with Crippen molar-refractivity contribution in [2.24, 2.45) is 0 Å². The molecule has 0 saturated heterocycles. The molecule has 2 rings (SSSR count). The molecular weight excluding hydrogens is 262 g/mol. The molecule has 0 aromatic heterocycles. The second-order valence-electron chi connectivity index (χ2n) is 4.87. The highest BCUT2D eigenvalue weighted by molar-refractivity contribution is 6.30. The number of hydroxylamine groups is 1. The third-order valence-electron chi connectivity index (χ3n) is 3.66. The van der Waals surface area contributed by atoms with Crippen molar-refractivity contribution in [3.05, 3.63) is 34.0 Å². The van der Waals surface area contributed by atoms with Gasteiger partial charge in [-0.2, -0.15) is 0 Å². The van der Waals surface area contributed by atoms with Crippen molar-refractivity contribution >= 4 is 17.3 Å². The molecule has 1 aromatic carbocycles. The predicted octanol–water partition coefficient (Wildman–Crippen LogP) is 2.76. The van der Waals surface area contributed by atoms with Crippen LogP contribution >= 0.6 is 11.6 Å². The molecule has 4 nitrogen and oxygen atoms in total. The molecule has 106 valence electrons. The number of nitrogens with zero attached hydrogens (tertiary/aromatic N) is 3. The van der Waals surface area contributed by atoms with Crippen molar-refractivity contribution in [1.29, 1.82) is 0 Å². The number of hydrogen-bond acceptors (Lipinski definition) is 4. The van der Waals surface area contributed by atoms with Crippen LogP contribution in [0.5, 0.6) is 0 Å². The van der Waals surface area contributed by atoms with Crippen LogP contribution in [0.1, 0.15) is 19.4 Å². The summed E-state index contributed by atoms with van der Waals surface area (Å²) in [6.07, 6.45) is 0. The zero-order valence-electron chi connectivity index (χ0n) is 11.6. The first kappa shape index (κ1) is 14.6.